The maximum Gasteiger partial charge on any atom is 0.242 e. The van der Waals surface area contributed by atoms with Crippen LogP contribution in [0.2, 0.25) is 0 Å². The Bertz CT molecular complexity index is 406. The van der Waals surface area contributed by atoms with Gasteiger partial charge in [-0.2, -0.15) is 0 Å². The number of hydrogen-bond donors (Lipinski definition) is 3. The van der Waals surface area contributed by atoms with Crippen LogP contribution < -0.4 is 11.5 Å². The van der Waals surface area contributed by atoms with E-state index in [-0.39, 0.29) is 24.9 Å². The van der Waals surface area contributed by atoms with Crippen LogP contribution in [0.3, 0.4) is 0 Å². The molecule has 8 nitrogen and oxygen atoms in total. The molecule has 1 saturated heterocycles. The van der Waals surface area contributed by atoms with Gasteiger partial charge in [-0.25, -0.2) is 0 Å². The molecule has 8 heteroatoms. The lowest BCUT2D eigenvalue weighted by atomic mass is 9.79. The summed E-state index contributed by atoms with van der Waals surface area (Å²) in [6.07, 6.45) is 0.724. The molecule has 1 rings (SSSR count). The average Bonchev–Trinajstić information content (AvgIpc) is 2.48. The van der Waals surface area contributed by atoms with E-state index in [1.165, 1.54) is 4.90 Å². The minimum absolute atomic E-state index is 0.0702. The summed E-state index contributed by atoms with van der Waals surface area (Å²) >= 11 is 0. The molecule has 1 aliphatic rings. The number of nitrogens with two attached hydrogens (primary N) is 2. The van der Waals surface area contributed by atoms with E-state index in [2.05, 4.69) is 5.16 Å². The summed E-state index contributed by atoms with van der Waals surface area (Å²) in [5.41, 5.74) is 9.89. The van der Waals surface area contributed by atoms with Crippen LogP contribution in [0.1, 0.15) is 26.7 Å². The highest BCUT2D eigenvalue weighted by Gasteiger charge is 2.46. The van der Waals surface area contributed by atoms with Crippen molar-refractivity contribution in [2.75, 3.05) is 19.8 Å². The predicted octanol–water partition coefficient (Wildman–Crippen LogP) is -0.748. The topological polar surface area (TPSA) is 131 Å². The number of nitrogens with zero attached hydrogens (tertiary/aromatic N) is 2. The molecule has 0 aromatic carbocycles. The van der Waals surface area contributed by atoms with E-state index < -0.39 is 17.4 Å². The standard InChI is InChI=1S/C12H22N4O4/c1-3-12(4-2,10(14)15-19)11(18)16-5-6-20-7-8(16)9(13)17/h8,19H,3-7H2,1-2H3,(H2,13,17)(H2,14,15). The fourth-order valence-corrected chi connectivity index (χ4v) is 2.48. The first-order valence-electron chi connectivity index (χ1n) is 6.60. The molecular formula is C12H22N4O4. The van der Waals surface area contributed by atoms with Crippen molar-refractivity contribution in [2.45, 2.75) is 32.7 Å². The van der Waals surface area contributed by atoms with Crippen molar-refractivity contribution in [3.8, 4) is 0 Å². The fraction of sp³-hybridized carbons (Fsp3) is 0.750. The number of carbonyl (C=O) groups excluding carboxylic acids is 2. The van der Waals surface area contributed by atoms with Gasteiger partial charge in [-0.1, -0.05) is 19.0 Å². The van der Waals surface area contributed by atoms with Crippen molar-refractivity contribution < 1.29 is 19.5 Å². The van der Waals surface area contributed by atoms with Gasteiger partial charge in [-0.3, -0.25) is 9.59 Å². The van der Waals surface area contributed by atoms with Gasteiger partial charge < -0.3 is 26.3 Å². The van der Waals surface area contributed by atoms with E-state index >= 15 is 0 Å². The average molecular weight is 286 g/mol. The zero-order valence-electron chi connectivity index (χ0n) is 11.8. The summed E-state index contributed by atoms with van der Waals surface area (Å²) in [5.74, 6) is -1.13. The Balaban J connectivity index is 3.13. The third-order valence-electron chi connectivity index (χ3n) is 3.93. The van der Waals surface area contributed by atoms with Crippen LogP contribution in [0.5, 0.6) is 0 Å². The molecule has 0 aromatic rings. The largest absolute Gasteiger partial charge is 0.409 e. The van der Waals surface area contributed by atoms with Gasteiger partial charge in [0.1, 0.15) is 11.5 Å². The highest BCUT2D eigenvalue weighted by atomic mass is 16.5. The first-order valence-corrected chi connectivity index (χ1v) is 6.60. The minimum atomic E-state index is -1.13. The molecule has 5 N–H and O–H groups in total. The number of oxime groups is 1. The predicted molar refractivity (Wildman–Crippen MR) is 71.9 cm³/mol. The van der Waals surface area contributed by atoms with Crippen LogP contribution in [-0.2, 0) is 14.3 Å². The van der Waals surface area contributed by atoms with Crippen LogP contribution in [0.15, 0.2) is 5.16 Å². The molecule has 1 unspecified atom stereocenters. The summed E-state index contributed by atoms with van der Waals surface area (Å²) in [6, 6.07) is -0.819. The Kier molecular flexibility index (Phi) is 5.32. The Morgan fingerprint density at radius 3 is 2.45 bits per heavy atom. The molecule has 0 spiro atoms. The molecule has 114 valence electrons. The zero-order valence-corrected chi connectivity index (χ0v) is 11.8. The third kappa shape index (κ3) is 2.69. The third-order valence-corrected chi connectivity index (χ3v) is 3.93. The SMILES string of the molecule is CCC(CC)(C(=O)N1CCOCC1C(N)=O)C(N)=NO. The Hall–Kier alpha value is -1.83. The smallest absolute Gasteiger partial charge is 0.242 e. The number of amidine groups is 1. The summed E-state index contributed by atoms with van der Waals surface area (Å²) in [7, 11) is 0. The highest BCUT2D eigenvalue weighted by molar-refractivity contribution is 6.07. The maximum absolute atomic E-state index is 12.8. The van der Waals surface area contributed by atoms with Crippen LogP contribution >= 0.6 is 0 Å². The highest BCUT2D eigenvalue weighted by Crippen LogP contribution is 2.31. The van der Waals surface area contributed by atoms with Crippen LogP contribution in [0.25, 0.3) is 0 Å². The van der Waals surface area contributed by atoms with Crippen molar-refractivity contribution in [1.82, 2.24) is 4.90 Å². The molecule has 0 bridgehead atoms. The second-order valence-corrected chi connectivity index (χ2v) is 4.77. The van der Waals surface area contributed by atoms with E-state index in [9.17, 15) is 9.59 Å². The number of hydrogen-bond acceptors (Lipinski definition) is 5. The van der Waals surface area contributed by atoms with Crippen LogP contribution in [0, 0.1) is 5.41 Å². The summed E-state index contributed by atoms with van der Waals surface area (Å²) in [6.45, 7) is 4.21. The summed E-state index contributed by atoms with van der Waals surface area (Å²) in [4.78, 5) is 25.6. The van der Waals surface area contributed by atoms with Crippen molar-refractivity contribution >= 4 is 17.6 Å². The second-order valence-electron chi connectivity index (χ2n) is 4.77. The number of amides is 2. The number of ether oxygens (including phenoxy) is 1. The number of primary amides is 1. The molecule has 1 fully saturated rings. The summed E-state index contributed by atoms with van der Waals surface area (Å²) < 4.78 is 5.18. The lowest BCUT2D eigenvalue weighted by molar-refractivity contribution is -0.153. The number of morpholine rings is 1. The van der Waals surface area contributed by atoms with Gasteiger partial charge in [-0.15, -0.1) is 0 Å². The normalized spacial score (nSPS) is 20.8. The van der Waals surface area contributed by atoms with Gasteiger partial charge in [0, 0.05) is 6.54 Å². The van der Waals surface area contributed by atoms with E-state index in [1.54, 1.807) is 13.8 Å². The molecule has 1 aliphatic heterocycles. The molecule has 0 aliphatic carbocycles. The number of rotatable bonds is 5. The van der Waals surface area contributed by atoms with Crippen molar-refractivity contribution in [1.29, 1.82) is 0 Å². The maximum atomic E-state index is 12.8. The van der Waals surface area contributed by atoms with Gasteiger partial charge in [0.25, 0.3) is 0 Å². The van der Waals surface area contributed by atoms with E-state index in [1.807, 2.05) is 0 Å². The first-order chi connectivity index (χ1) is 9.44. The minimum Gasteiger partial charge on any atom is -0.409 e. The van der Waals surface area contributed by atoms with Gasteiger partial charge in [0.2, 0.25) is 11.8 Å². The van der Waals surface area contributed by atoms with Gasteiger partial charge in [0.05, 0.1) is 13.2 Å². The Labute approximate surface area is 117 Å². The van der Waals surface area contributed by atoms with E-state index in [0.29, 0.717) is 19.4 Å². The lowest BCUT2D eigenvalue weighted by Gasteiger charge is -2.40. The van der Waals surface area contributed by atoms with Crippen molar-refractivity contribution in [2.24, 2.45) is 22.0 Å². The quantitative estimate of drug-likeness (QED) is 0.265. The van der Waals surface area contributed by atoms with E-state index in [0.717, 1.165) is 0 Å². The molecule has 2 amide bonds. The molecule has 1 atom stereocenters. The number of carbonyl (C=O) groups is 2. The first kappa shape index (κ1) is 16.2. The fourth-order valence-electron chi connectivity index (χ4n) is 2.48. The molecule has 0 saturated carbocycles. The van der Waals surface area contributed by atoms with E-state index in [4.69, 9.17) is 21.4 Å². The molecule has 0 radical (unpaired) electrons. The van der Waals surface area contributed by atoms with Crippen LogP contribution in [0.4, 0.5) is 0 Å². The van der Waals surface area contributed by atoms with Gasteiger partial charge >= 0.3 is 0 Å². The Morgan fingerprint density at radius 1 is 1.40 bits per heavy atom. The molecule has 1 heterocycles. The molecular weight excluding hydrogens is 264 g/mol. The van der Waals surface area contributed by atoms with Crippen molar-refractivity contribution in [3.63, 3.8) is 0 Å². The molecule has 0 aromatic heterocycles. The van der Waals surface area contributed by atoms with Crippen LogP contribution in [-0.4, -0.2) is 53.6 Å². The zero-order chi connectivity index (χ0) is 15.3. The lowest BCUT2D eigenvalue weighted by Crippen LogP contribution is -2.60. The summed E-state index contributed by atoms with van der Waals surface area (Å²) in [5, 5.41) is 11.9. The van der Waals surface area contributed by atoms with Gasteiger partial charge in [0.15, 0.2) is 5.84 Å². The van der Waals surface area contributed by atoms with Gasteiger partial charge in [-0.05, 0) is 12.8 Å². The molecule has 20 heavy (non-hydrogen) atoms. The second kappa shape index (κ2) is 6.56. The van der Waals surface area contributed by atoms with Crippen molar-refractivity contribution in [3.05, 3.63) is 0 Å². The monoisotopic (exact) mass is 286 g/mol. The Morgan fingerprint density at radius 2 is 2.00 bits per heavy atom.